The molecule has 16 heavy (non-hydrogen) atoms. The van der Waals surface area contributed by atoms with Crippen LogP contribution in [0.25, 0.3) is 0 Å². The van der Waals surface area contributed by atoms with Crippen LogP contribution in [0, 0.1) is 10.1 Å². The molecule has 1 saturated carbocycles. The Bertz CT molecular complexity index is 416. The Balaban J connectivity index is 1.69. The lowest BCUT2D eigenvalue weighted by atomic mass is 9.85. The summed E-state index contributed by atoms with van der Waals surface area (Å²) in [6.07, 6.45) is 3.06. The molecule has 2 heterocycles. The number of hydrogen-bond acceptors (Lipinski definition) is 5. The van der Waals surface area contributed by atoms with Gasteiger partial charge in [-0.25, -0.2) is 0 Å². The molecular formula is C9H11N3O4. The van der Waals surface area contributed by atoms with Crippen molar-refractivity contribution in [3.05, 3.63) is 22.4 Å². The van der Waals surface area contributed by atoms with Gasteiger partial charge in [-0.15, -0.1) is 0 Å². The fourth-order valence-corrected chi connectivity index (χ4v) is 2.21. The highest BCUT2D eigenvalue weighted by molar-refractivity contribution is 5.15. The molecule has 0 atom stereocenters. The van der Waals surface area contributed by atoms with E-state index >= 15 is 0 Å². The van der Waals surface area contributed by atoms with Crippen LogP contribution in [0.4, 0.5) is 5.82 Å². The summed E-state index contributed by atoms with van der Waals surface area (Å²) in [7, 11) is 0. The zero-order chi connectivity index (χ0) is 11.2. The average molecular weight is 225 g/mol. The van der Waals surface area contributed by atoms with E-state index in [1.807, 2.05) is 0 Å². The van der Waals surface area contributed by atoms with Crippen molar-refractivity contribution in [2.75, 3.05) is 13.2 Å². The molecule has 86 valence electrons. The molecule has 0 unspecified atom stereocenters. The van der Waals surface area contributed by atoms with Crippen molar-refractivity contribution in [3.8, 4) is 0 Å². The fourth-order valence-electron chi connectivity index (χ4n) is 2.21. The second-order valence-electron chi connectivity index (χ2n) is 4.08. The van der Waals surface area contributed by atoms with Gasteiger partial charge in [-0.3, -0.25) is 0 Å². The molecule has 0 N–H and O–H groups in total. The number of hydrogen-bond donors (Lipinski definition) is 0. The van der Waals surface area contributed by atoms with Gasteiger partial charge in [-0.2, -0.15) is 4.68 Å². The molecular weight excluding hydrogens is 214 g/mol. The molecule has 1 aliphatic heterocycles. The van der Waals surface area contributed by atoms with E-state index in [1.54, 1.807) is 10.9 Å². The van der Waals surface area contributed by atoms with Gasteiger partial charge in [0.2, 0.25) is 0 Å². The molecule has 2 aliphatic rings. The summed E-state index contributed by atoms with van der Waals surface area (Å²) in [6, 6.07) is 1.55. The monoisotopic (exact) mass is 225 g/mol. The molecule has 0 bridgehead atoms. The molecule has 1 spiro atoms. The van der Waals surface area contributed by atoms with Crippen molar-refractivity contribution < 1.29 is 14.4 Å². The first-order valence-corrected chi connectivity index (χ1v) is 5.16. The van der Waals surface area contributed by atoms with Crippen molar-refractivity contribution in [3.63, 3.8) is 0 Å². The van der Waals surface area contributed by atoms with Gasteiger partial charge in [0.05, 0.1) is 36.6 Å². The van der Waals surface area contributed by atoms with E-state index in [9.17, 15) is 10.1 Å². The van der Waals surface area contributed by atoms with E-state index in [0.717, 1.165) is 0 Å². The molecule has 0 radical (unpaired) electrons. The minimum Gasteiger partial charge on any atom is -0.358 e. The van der Waals surface area contributed by atoms with Gasteiger partial charge < -0.3 is 19.6 Å². The van der Waals surface area contributed by atoms with Crippen LogP contribution < -0.4 is 0 Å². The summed E-state index contributed by atoms with van der Waals surface area (Å²) in [5.74, 6) is -0.556. The standard InChI is InChI=1S/C9H11N3O4/c13-12(14)8-1-2-11(10-8)7-5-9(6-7)15-3-4-16-9/h1-2,7H,3-6H2. The summed E-state index contributed by atoms with van der Waals surface area (Å²) in [4.78, 5) is 9.98. The Morgan fingerprint density at radius 1 is 1.50 bits per heavy atom. The maximum absolute atomic E-state index is 10.5. The molecule has 7 nitrogen and oxygen atoms in total. The molecule has 1 saturated heterocycles. The summed E-state index contributed by atoms with van der Waals surface area (Å²) < 4.78 is 12.6. The van der Waals surface area contributed by atoms with E-state index in [2.05, 4.69) is 5.10 Å². The summed E-state index contributed by atoms with van der Waals surface area (Å²) in [5, 5.41) is 14.4. The molecule has 0 aromatic carbocycles. The number of aromatic nitrogens is 2. The third-order valence-corrected chi connectivity index (χ3v) is 3.06. The molecule has 1 aromatic heterocycles. The van der Waals surface area contributed by atoms with E-state index in [-0.39, 0.29) is 11.9 Å². The largest absolute Gasteiger partial charge is 0.389 e. The van der Waals surface area contributed by atoms with Crippen LogP contribution >= 0.6 is 0 Å². The van der Waals surface area contributed by atoms with Gasteiger partial charge in [0, 0.05) is 12.8 Å². The Hall–Kier alpha value is -1.47. The predicted molar refractivity (Wildman–Crippen MR) is 51.8 cm³/mol. The summed E-state index contributed by atoms with van der Waals surface area (Å²) in [5.41, 5.74) is 0. The van der Waals surface area contributed by atoms with Gasteiger partial charge in [0.1, 0.15) is 0 Å². The van der Waals surface area contributed by atoms with Crippen LogP contribution in [0.3, 0.4) is 0 Å². The Morgan fingerprint density at radius 2 is 2.19 bits per heavy atom. The molecule has 0 amide bonds. The zero-order valence-corrected chi connectivity index (χ0v) is 8.54. The number of rotatable bonds is 2. The van der Waals surface area contributed by atoms with Crippen LogP contribution in [-0.2, 0) is 9.47 Å². The van der Waals surface area contributed by atoms with Crippen molar-refractivity contribution in [1.82, 2.24) is 9.78 Å². The Kier molecular flexibility index (Phi) is 1.98. The van der Waals surface area contributed by atoms with E-state index in [4.69, 9.17) is 9.47 Å². The number of ether oxygens (including phenoxy) is 2. The first kappa shape index (κ1) is 9.73. The second-order valence-corrected chi connectivity index (χ2v) is 4.08. The maximum atomic E-state index is 10.5. The van der Waals surface area contributed by atoms with Crippen molar-refractivity contribution in [2.24, 2.45) is 0 Å². The van der Waals surface area contributed by atoms with Crippen LogP contribution in [0.15, 0.2) is 12.3 Å². The molecule has 3 rings (SSSR count). The Labute approximate surface area is 91.1 Å². The first-order chi connectivity index (χ1) is 7.69. The number of nitro groups is 1. The Morgan fingerprint density at radius 3 is 2.75 bits per heavy atom. The highest BCUT2D eigenvalue weighted by Gasteiger charge is 2.51. The van der Waals surface area contributed by atoms with Crippen molar-refractivity contribution in [2.45, 2.75) is 24.7 Å². The minimum atomic E-state index is -0.493. The summed E-state index contributed by atoms with van der Waals surface area (Å²) in [6.45, 7) is 1.26. The second kappa shape index (κ2) is 3.26. The fraction of sp³-hybridized carbons (Fsp3) is 0.667. The molecule has 2 fully saturated rings. The normalized spacial score (nSPS) is 23.5. The van der Waals surface area contributed by atoms with Crippen LogP contribution in [-0.4, -0.2) is 33.7 Å². The highest BCUT2D eigenvalue weighted by atomic mass is 16.7. The maximum Gasteiger partial charge on any atom is 0.389 e. The van der Waals surface area contributed by atoms with Gasteiger partial charge in [0.25, 0.3) is 0 Å². The predicted octanol–water partition coefficient (Wildman–Crippen LogP) is 0.869. The highest BCUT2D eigenvalue weighted by Crippen LogP contribution is 2.46. The first-order valence-electron chi connectivity index (χ1n) is 5.16. The SMILES string of the molecule is O=[N+]([O-])c1ccn(C2CC3(C2)OCCO3)n1. The smallest absolute Gasteiger partial charge is 0.358 e. The van der Waals surface area contributed by atoms with Gasteiger partial charge in [-0.1, -0.05) is 0 Å². The van der Waals surface area contributed by atoms with E-state index < -0.39 is 10.7 Å². The third-order valence-electron chi connectivity index (χ3n) is 3.06. The van der Waals surface area contributed by atoms with Crippen LogP contribution in [0.2, 0.25) is 0 Å². The topological polar surface area (TPSA) is 79.4 Å². The molecule has 7 heteroatoms. The van der Waals surface area contributed by atoms with E-state index in [1.165, 1.54) is 6.07 Å². The zero-order valence-electron chi connectivity index (χ0n) is 8.54. The van der Waals surface area contributed by atoms with Crippen molar-refractivity contribution >= 4 is 5.82 Å². The average Bonchev–Trinajstić information content (AvgIpc) is 2.84. The van der Waals surface area contributed by atoms with Crippen molar-refractivity contribution in [1.29, 1.82) is 0 Å². The molecule has 1 aliphatic carbocycles. The minimum absolute atomic E-state index is 0.116. The molecule has 1 aromatic rings. The van der Waals surface area contributed by atoms with Gasteiger partial charge in [-0.05, 0) is 4.92 Å². The number of nitrogens with zero attached hydrogens (tertiary/aromatic N) is 3. The lowest BCUT2D eigenvalue weighted by Gasteiger charge is -2.41. The van der Waals surface area contributed by atoms with Gasteiger partial charge in [0.15, 0.2) is 5.79 Å². The van der Waals surface area contributed by atoms with E-state index in [0.29, 0.717) is 26.1 Å². The summed E-state index contributed by atoms with van der Waals surface area (Å²) >= 11 is 0. The quantitative estimate of drug-likeness (QED) is 0.551. The van der Waals surface area contributed by atoms with Crippen LogP contribution in [0.1, 0.15) is 18.9 Å². The third kappa shape index (κ3) is 1.40. The lowest BCUT2D eigenvalue weighted by molar-refractivity contribution is -0.390. The van der Waals surface area contributed by atoms with Gasteiger partial charge >= 0.3 is 5.82 Å². The lowest BCUT2D eigenvalue weighted by Crippen LogP contribution is -2.45. The van der Waals surface area contributed by atoms with Crippen LogP contribution in [0.5, 0.6) is 0 Å².